The van der Waals surface area contributed by atoms with Crippen molar-refractivity contribution < 1.29 is 18.0 Å². The molecule has 1 aromatic heterocycles. The van der Waals surface area contributed by atoms with Gasteiger partial charge in [0.25, 0.3) is 5.91 Å². The molecule has 160 valence electrons. The predicted octanol–water partition coefficient (Wildman–Crippen LogP) is 5.14. The first-order valence-corrected chi connectivity index (χ1v) is 9.80. The van der Waals surface area contributed by atoms with Crippen LogP contribution >= 0.6 is 11.6 Å². The fourth-order valence-electron chi connectivity index (χ4n) is 3.13. The summed E-state index contributed by atoms with van der Waals surface area (Å²) in [6.45, 7) is 0.194. The molecule has 2 aromatic carbocycles. The third kappa shape index (κ3) is 5.44. The smallest absolute Gasteiger partial charge is 0.337 e. The molecular weight excluding hydrogens is 429 g/mol. The van der Waals surface area contributed by atoms with Crippen LogP contribution in [0.2, 0.25) is 5.02 Å². The first-order valence-electron chi connectivity index (χ1n) is 9.42. The molecular formula is C22H18ClF3N4O. The summed E-state index contributed by atoms with van der Waals surface area (Å²) in [6.07, 6.45) is -3.44. The second-order valence-corrected chi connectivity index (χ2v) is 7.17. The van der Waals surface area contributed by atoms with Crippen LogP contribution in [0.4, 0.5) is 13.2 Å². The highest BCUT2D eigenvalue weighted by Gasteiger charge is 2.41. The van der Waals surface area contributed by atoms with Gasteiger partial charge >= 0.3 is 6.18 Å². The topological polar surface area (TPSA) is 61.9 Å². The van der Waals surface area contributed by atoms with Crippen molar-refractivity contribution in [1.29, 1.82) is 5.26 Å². The third-order valence-electron chi connectivity index (χ3n) is 4.63. The molecule has 0 atom stereocenters. The Balaban J connectivity index is 1.95. The van der Waals surface area contributed by atoms with Crippen LogP contribution in [0.25, 0.3) is 5.69 Å². The summed E-state index contributed by atoms with van der Waals surface area (Å²) in [6, 6.07) is 16.9. The van der Waals surface area contributed by atoms with Gasteiger partial charge in [-0.3, -0.25) is 4.79 Å². The minimum atomic E-state index is -4.82. The lowest BCUT2D eigenvalue weighted by atomic mass is 10.1. The first-order chi connectivity index (χ1) is 14.8. The number of hydrogen-bond donors (Lipinski definition) is 0. The Morgan fingerprint density at radius 2 is 1.77 bits per heavy atom. The van der Waals surface area contributed by atoms with Crippen LogP contribution in [0.5, 0.6) is 0 Å². The van der Waals surface area contributed by atoms with Crippen LogP contribution in [-0.4, -0.2) is 33.7 Å². The first kappa shape index (κ1) is 22.4. The van der Waals surface area contributed by atoms with Crippen molar-refractivity contribution in [2.45, 2.75) is 19.0 Å². The van der Waals surface area contributed by atoms with E-state index in [1.807, 2.05) is 36.4 Å². The van der Waals surface area contributed by atoms with Gasteiger partial charge in [-0.15, -0.1) is 0 Å². The number of aromatic nitrogens is 2. The van der Waals surface area contributed by atoms with Crippen molar-refractivity contribution in [3.63, 3.8) is 0 Å². The summed E-state index contributed by atoms with van der Waals surface area (Å²) >= 11 is 5.82. The minimum absolute atomic E-state index is 0.00715. The van der Waals surface area contributed by atoms with E-state index in [0.717, 1.165) is 11.8 Å². The summed E-state index contributed by atoms with van der Waals surface area (Å²) < 4.78 is 42.5. The molecule has 0 saturated carbocycles. The van der Waals surface area contributed by atoms with Crippen molar-refractivity contribution in [2.75, 3.05) is 13.1 Å². The number of amides is 1. The maximum Gasteiger partial charge on any atom is 0.434 e. The zero-order valence-electron chi connectivity index (χ0n) is 16.3. The Bertz CT molecular complexity index is 1070. The lowest BCUT2D eigenvalue weighted by Crippen LogP contribution is -2.35. The molecule has 0 aliphatic rings. The Morgan fingerprint density at radius 3 is 2.39 bits per heavy atom. The SMILES string of the molecule is N#CCCN(CCc1ccccc1)C(=O)c1cnn(-c2ccc(Cl)cc2)c1C(F)(F)F. The largest absolute Gasteiger partial charge is 0.434 e. The lowest BCUT2D eigenvalue weighted by Gasteiger charge is -2.22. The van der Waals surface area contributed by atoms with E-state index in [2.05, 4.69) is 5.10 Å². The number of nitrogens with zero attached hydrogens (tertiary/aromatic N) is 4. The molecule has 1 heterocycles. The molecule has 0 N–H and O–H groups in total. The van der Waals surface area contributed by atoms with Crippen molar-refractivity contribution in [1.82, 2.24) is 14.7 Å². The van der Waals surface area contributed by atoms with Crippen molar-refractivity contribution in [2.24, 2.45) is 0 Å². The average molecular weight is 447 g/mol. The summed E-state index contributed by atoms with van der Waals surface area (Å²) in [7, 11) is 0. The summed E-state index contributed by atoms with van der Waals surface area (Å²) in [5.41, 5.74) is -0.663. The molecule has 5 nitrogen and oxygen atoms in total. The zero-order valence-corrected chi connectivity index (χ0v) is 17.1. The molecule has 3 rings (SSSR count). The van der Waals surface area contributed by atoms with Crippen LogP contribution in [0.15, 0.2) is 60.8 Å². The summed E-state index contributed by atoms with van der Waals surface area (Å²) in [4.78, 5) is 14.3. The van der Waals surface area contributed by atoms with E-state index in [9.17, 15) is 18.0 Å². The molecule has 0 aliphatic carbocycles. The van der Waals surface area contributed by atoms with Gasteiger partial charge in [0, 0.05) is 18.1 Å². The molecule has 9 heteroatoms. The molecule has 0 bridgehead atoms. The highest BCUT2D eigenvalue weighted by molar-refractivity contribution is 6.30. The van der Waals surface area contributed by atoms with Gasteiger partial charge in [-0.1, -0.05) is 41.9 Å². The minimum Gasteiger partial charge on any atom is -0.337 e. The van der Waals surface area contributed by atoms with Crippen LogP contribution in [-0.2, 0) is 12.6 Å². The highest BCUT2D eigenvalue weighted by Crippen LogP contribution is 2.34. The predicted molar refractivity (Wildman–Crippen MR) is 110 cm³/mol. The normalized spacial score (nSPS) is 11.2. The maximum absolute atomic E-state index is 13.9. The second-order valence-electron chi connectivity index (χ2n) is 6.73. The number of rotatable bonds is 7. The molecule has 3 aromatic rings. The number of carbonyl (C=O) groups is 1. The molecule has 0 radical (unpaired) electrons. The van der Waals surface area contributed by atoms with Gasteiger partial charge in [0.2, 0.25) is 0 Å². The summed E-state index contributed by atoms with van der Waals surface area (Å²) in [5, 5.41) is 13.1. The van der Waals surface area contributed by atoms with Crippen molar-refractivity contribution in [3.05, 3.63) is 82.6 Å². The number of carbonyl (C=O) groups excluding carboxylic acids is 1. The lowest BCUT2D eigenvalue weighted by molar-refractivity contribution is -0.143. The van der Waals surface area contributed by atoms with E-state index in [1.54, 1.807) is 0 Å². The zero-order chi connectivity index (χ0) is 22.4. The van der Waals surface area contributed by atoms with Crippen LogP contribution < -0.4 is 0 Å². The quantitative estimate of drug-likeness (QED) is 0.504. The fraction of sp³-hybridized carbons (Fsp3) is 0.227. The van der Waals surface area contributed by atoms with Crippen LogP contribution in [0, 0.1) is 11.3 Å². The number of hydrogen-bond acceptors (Lipinski definition) is 3. The highest BCUT2D eigenvalue weighted by atomic mass is 35.5. The number of alkyl halides is 3. The summed E-state index contributed by atoms with van der Waals surface area (Å²) in [5.74, 6) is -0.821. The Hall–Kier alpha value is -3.31. The van der Waals surface area contributed by atoms with Gasteiger partial charge in [-0.2, -0.15) is 23.5 Å². The van der Waals surface area contributed by atoms with Gasteiger partial charge in [-0.05, 0) is 36.2 Å². The number of nitriles is 1. The molecule has 1 amide bonds. The standard InChI is InChI=1S/C22H18ClF3N4O/c23-17-7-9-18(10-8-17)30-20(22(24,25)26)19(15-28-30)21(31)29(13-4-12-27)14-11-16-5-2-1-3-6-16/h1-3,5-10,15H,4,11,13-14H2. The van der Waals surface area contributed by atoms with Gasteiger partial charge in [0.1, 0.15) is 0 Å². The van der Waals surface area contributed by atoms with E-state index in [1.165, 1.54) is 29.2 Å². The average Bonchev–Trinajstić information content (AvgIpc) is 3.20. The molecule has 0 unspecified atom stereocenters. The molecule has 0 spiro atoms. The fourth-order valence-corrected chi connectivity index (χ4v) is 3.26. The Labute approximate surface area is 182 Å². The van der Waals surface area contributed by atoms with E-state index in [4.69, 9.17) is 16.9 Å². The molecule has 0 saturated heterocycles. The molecule has 0 aliphatic heterocycles. The van der Waals surface area contributed by atoms with Crippen LogP contribution in [0.3, 0.4) is 0 Å². The van der Waals surface area contributed by atoms with Gasteiger partial charge in [0.05, 0.1) is 29.9 Å². The number of halogens is 4. The molecule has 0 fully saturated rings. The maximum atomic E-state index is 13.9. The van der Waals surface area contributed by atoms with Crippen molar-refractivity contribution in [3.8, 4) is 11.8 Å². The van der Waals surface area contributed by atoms with E-state index < -0.39 is 23.3 Å². The third-order valence-corrected chi connectivity index (χ3v) is 4.89. The van der Waals surface area contributed by atoms with Gasteiger partial charge in [-0.25, -0.2) is 4.68 Å². The van der Waals surface area contributed by atoms with Gasteiger partial charge in [0.15, 0.2) is 5.69 Å². The van der Waals surface area contributed by atoms with E-state index in [-0.39, 0.29) is 25.2 Å². The number of benzene rings is 2. The van der Waals surface area contributed by atoms with E-state index >= 15 is 0 Å². The Kier molecular flexibility index (Phi) is 6.98. The van der Waals surface area contributed by atoms with Crippen molar-refractivity contribution >= 4 is 17.5 Å². The Morgan fingerprint density at radius 1 is 1.10 bits per heavy atom. The second kappa shape index (κ2) is 9.67. The van der Waals surface area contributed by atoms with Gasteiger partial charge < -0.3 is 4.90 Å². The molecule has 31 heavy (non-hydrogen) atoms. The van der Waals surface area contributed by atoms with E-state index in [0.29, 0.717) is 16.1 Å². The monoisotopic (exact) mass is 446 g/mol. The van der Waals surface area contributed by atoms with Crippen LogP contribution in [0.1, 0.15) is 28.0 Å².